The molecule has 1 aromatic carbocycles. The fraction of sp³-hybridized carbons (Fsp3) is 0.524. The lowest BCUT2D eigenvalue weighted by molar-refractivity contribution is -0.140. The number of likely N-dealkylation sites (tertiary alicyclic amines) is 1. The van der Waals surface area contributed by atoms with Crippen molar-refractivity contribution in [3.63, 3.8) is 0 Å². The van der Waals surface area contributed by atoms with Crippen molar-refractivity contribution in [3.05, 3.63) is 30.3 Å². The largest absolute Gasteiger partial charge is 0.329 e. The van der Waals surface area contributed by atoms with E-state index in [0.717, 1.165) is 49.2 Å². The molecule has 1 aromatic heterocycles. The predicted octanol–water partition coefficient (Wildman–Crippen LogP) is 2.55. The summed E-state index contributed by atoms with van der Waals surface area (Å²) in [5.74, 6) is 5.75. The molecule has 4 N–H and O–H groups in total. The molecule has 2 amide bonds. The first-order valence-electron chi connectivity index (χ1n) is 10.6. The first-order valence-corrected chi connectivity index (χ1v) is 11.4. The van der Waals surface area contributed by atoms with E-state index < -0.39 is 12.1 Å². The van der Waals surface area contributed by atoms with Gasteiger partial charge in [-0.3, -0.25) is 15.4 Å². The highest BCUT2D eigenvalue weighted by molar-refractivity contribution is 7.10. The van der Waals surface area contributed by atoms with E-state index in [-0.39, 0.29) is 17.7 Å². The first-order chi connectivity index (χ1) is 14.7. The molecule has 2 heterocycles. The molecule has 30 heavy (non-hydrogen) atoms. The molecule has 2 aromatic rings. The average Bonchev–Trinajstić information content (AvgIpc) is 3.45. The summed E-state index contributed by atoms with van der Waals surface area (Å²) in [6.07, 6.45) is 6.91. The summed E-state index contributed by atoms with van der Waals surface area (Å²) in [7, 11) is 0. The van der Waals surface area contributed by atoms with Crippen molar-refractivity contribution in [2.75, 3.05) is 11.9 Å². The van der Waals surface area contributed by atoms with Gasteiger partial charge >= 0.3 is 0 Å². The Kier molecular flexibility index (Phi) is 6.71. The highest BCUT2D eigenvalue weighted by Gasteiger charge is 2.40. The number of nitrogens with zero attached hydrogens (tertiary/aromatic N) is 3. The van der Waals surface area contributed by atoms with E-state index >= 15 is 0 Å². The first kappa shape index (κ1) is 20.9. The topological polar surface area (TPSA) is 113 Å². The van der Waals surface area contributed by atoms with Gasteiger partial charge in [0.2, 0.25) is 11.8 Å². The molecule has 4 rings (SSSR count). The number of benzene rings is 1. The van der Waals surface area contributed by atoms with Crippen molar-refractivity contribution in [2.24, 2.45) is 11.8 Å². The van der Waals surface area contributed by atoms with Crippen LogP contribution in [-0.4, -0.2) is 44.9 Å². The van der Waals surface area contributed by atoms with E-state index in [4.69, 9.17) is 5.84 Å². The van der Waals surface area contributed by atoms with Gasteiger partial charge in [0, 0.05) is 23.6 Å². The summed E-state index contributed by atoms with van der Waals surface area (Å²) < 4.78 is 4.00. The molecule has 1 aliphatic carbocycles. The van der Waals surface area contributed by atoms with Gasteiger partial charge in [-0.15, -0.1) is 5.10 Å². The number of nitrogens with two attached hydrogens (primary N) is 1. The molecule has 2 fully saturated rings. The number of hydrogen-bond donors (Lipinski definition) is 3. The smallest absolute Gasteiger partial charge is 0.247 e. The van der Waals surface area contributed by atoms with Crippen LogP contribution in [0.25, 0.3) is 11.3 Å². The zero-order valence-electron chi connectivity index (χ0n) is 16.9. The molecule has 9 heteroatoms. The second-order valence-electron chi connectivity index (χ2n) is 8.04. The lowest BCUT2D eigenvalue weighted by Gasteiger charge is -2.33. The van der Waals surface area contributed by atoms with Crippen LogP contribution in [-0.2, 0) is 9.59 Å². The number of hydrazine groups is 1. The summed E-state index contributed by atoms with van der Waals surface area (Å²) in [5.41, 5.74) is 4.28. The normalized spacial score (nSPS) is 20.8. The third-order valence-corrected chi connectivity index (χ3v) is 6.82. The number of hydrogen-bond acceptors (Lipinski definition) is 7. The van der Waals surface area contributed by atoms with Crippen LogP contribution >= 0.6 is 11.5 Å². The van der Waals surface area contributed by atoms with Crippen LogP contribution in [0.5, 0.6) is 0 Å². The van der Waals surface area contributed by atoms with Crippen LogP contribution in [0.3, 0.4) is 0 Å². The van der Waals surface area contributed by atoms with Crippen LogP contribution in [0.1, 0.15) is 44.9 Å². The maximum Gasteiger partial charge on any atom is 0.247 e. The number of anilines is 1. The summed E-state index contributed by atoms with van der Waals surface area (Å²) in [5, 5.41) is 7.73. The van der Waals surface area contributed by atoms with Gasteiger partial charge in [-0.1, -0.05) is 54.1 Å². The molecule has 0 unspecified atom stereocenters. The monoisotopic (exact) mass is 428 g/mol. The van der Waals surface area contributed by atoms with Gasteiger partial charge in [-0.2, -0.15) is 0 Å². The zero-order chi connectivity index (χ0) is 20.9. The molecule has 2 atom stereocenters. The van der Waals surface area contributed by atoms with E-state index in [1.165, 1.54) is 6.42 Å². The molecule has 160 valence electrons. The summed E-state index contributed by atoms with van der Waals surface area (Å²) in [4.78, 5) is 28.1. The summed E-state index contributed by atoms with van der Waals surface area (Å²) >= 11 is 1.15. The summed E-state index contributed by atoms with van der Waals surface area (Å²) in [6.45, 7) is 0.578. The number of amides is 2. The Bertz CT molecular complexity index is 867. The minimum Gasteiger partial charge on any atom is -0.329 e. The molecular weight excluding hydrogens is 400 g/mol. The van der Waals surface area contributed by atoms with Crippen molar-refractivity contribution in [1.29, 1.82) is 0 Å². The number of rotatable bonds is 6. The number of carbonyl (C=O) groups excluding carboxylic acids is 2. The Hall–Kier alpha value is -2.36. The Labute approximate surface area is 180 Å². The Morgan fingerprint density at radius 1 is 1.10 bits per heavy atom. The fourth-order valence-electron chi connectivity index (χ4n) is 4.61. The van der Waals surface area contributed by atoms with Crippen LogP contribution < -0.4 is 16.6 Å². The van der Waals surface area contributed by atoms with Crippen LogP contribution in [0.15, 0.2) is 30.3 Å². The van der Waals surface area contributed by atoms with Gasteiger partial charge in [0.05, 0.1) is 0 Å². The van der Waals surface area contributed by atoms with Gasteiger partial charge in [0.15, 0.2) is 0 Å². The lowest BCUT2D eigenvalue weighted by Crippen LogP contribution is -2.56. The standard InChI is InChI=1S/C21H28N6O2S/c22-24-18(15-10-5-2-6-11-15)21(29)27-13-7-12-16(27)19(28)23-20-17(25-26-30-20)14-8-3-1-4-9-14/h1,3-4,8-9,15-16,18,24H,2,5-7,10-13,22H2,(H,23,28)/t16-,18-/m0/s1. The molecule has 1 saturated heterocycles. The average molecular weight is 429 g/mol. The van der Waals surface area contributed by atoms with Crippen LogP contribution in [0.4, 0.5) is 5.00 Å². The molecule has 1 saturated carbocycles. The molecule has 0 spiro atoms. The van der Waals surface area contributed by atoms with Crippen molar-refractivity contribution >= 4 is 28.3 Å². The highest BCUT2D eigenvalue weighted by Crippen LogP contribution is 2.31. The van der Waals surface area contributed by atoms with Crippen molar-refractivity contribution in [1.82, 2.24) is 19.9 Å². The van der Waals surface area contributed by atoms with E-state index in [1.54, 1.807) is 4.90 Å². The third kappa shape index (κ3) is 4.38. The predicted molar refractivity (Wildman–Crippen MR) is 116 cm³/mol. The van der Waals surface area contributed by atoms with Crippen LogP contribution in [0.2, 0.25) is 0 Å². The van der Waals surface area contributed by atoms with Gasteiger partial charge < -0.3 is 10.2 Å². The molecular formula is C21H28N6O2S. The van der Waals surface area contributed by atoms with Crippen molar-refractivity contribution < 1.29 is 9.59 Å². The summed E-state index contributed by atoms with van der Waals surface area (Å²) in [6, 6.07) is 8.70. The SMILES string of the molecule is NN[C@H](C(=O)N1CCC[C@H]1C(=O)Nc1snnc1-c1ccccc1)C1CCCCC1. The quantitative estimate of drug-likeness (QED) is 0.481. The van der Waals surface area contributed by atoms with E-state index in [0.29, 0.717) is 23.7 Å². The second-order valence-corrected chi connectivity index (χ2v) is 8.79. The van der Waals surface area contributed by atoms with E-state index in [9.17, 15) is 9.59 Å². The third-order valence-electron chi connectivity index (χ3n) is 6.18. The molecule has 0 bridgehead atoms. The molecule has 8 nitrogen and oxygen atoms in total. The molecule has 1 aliphatic heterocycles. The Morgan fingerprint density at radius 3 is 2.60 bits per heavy atom. The number of carbonyl (C=O) groups is 2. The molecule has 2 aliphatic rings. The Morgan fingerprint density at radius 2 is 1.87 bits per heavy atom. The fourth-order valence-corrected chi connectivity index (χ4v) is 5.21. The maximum absolute atomic E-state index is 13.3. The van der Waals surface area contributed by atoms with Crippen molar-refractivity contribution in [2.45, 2.75) is 57.0 Å². The maximum atomic E-state index is 13.3. The lowest BCUT2D eigenvalue weighted by atomic mass is 9.83. The van der Waals surface area contributed by atoms with Crippen molar-refractivity contribution in [3.8, 4) is 11.3 Å². The van der Waals surface area contributed by atoms with Gasteiger partial charge in [0.1, 0.15) is 22.8 Å². The van der Waals surface area contributed by atoms with E-state index in [2.05, 4.69) is 20.3 Å². The minimum atomic E-state index is -0.498. The van der Waals surface area contributed by atoms with Gasteiger partial charge in [0.25, 0.3) is 0 Å². The Balaban J connectivity index is 1.46. The zero-order valence-corrected chi connectivity index (χ0v) is 17.7. The second kappa shape index (κ2) is 9.63. The van der Waals surface area contributed by atoms with Gasteiger partial charge in [-0.25, -0.2) is 5.43 Å². The van der Waals surface area contributed by atoms with E-state index in [1.807, 2.05) is 30.3 Å². The van der Waals surface area contributed by atoms with Gasteiger partial charge in [-0.05, 0) is 31.6 Å². The molecule has 0 radical (unpaired) electrons. The highest BCUT2D eigenvalue weighted by atomic mass is 32.1. The minimum absolute atomic E-state index is 0.0623. The number of nitrogens with one attached hydrogen (secondary N) is 2. The van der Waals surface area contributed by atoms with Crippen LogP contribution in [0, 0.1) is 5.92 Å². The number of aromatic nitrogens is 2.